The Balaban J connectivity index is 2.42. The largest absolute Gasteiger partial charge is 0.293 e. The second kappa shape index (κ2) is 5.25. The molecule has 1 saturated heterocycles. The molecule has 0 aliphatic carbocycles. The van der Waals surface area contributed by atoms with E-state index in [0.29, 0.717) is 23.4 Å². The van der Waals surface area contributed by atoms with Crippen molar-refractivity contribution >= 4 is 27.2 Å². The number of hydrogen-bond acceptors (Lipinski definition) is 3. The van der Waals surface area contributed by atoms with Crippen LogP contribution in [0.2, 0.25) is 5.02 Å². The first-order valence-electron chi connectivity index (χ1n) is 6.35. The topological polar surface area (TPSA) is 51.2 Å². The summed E-state index contributed by atoms with van der Waals surface area (Å²) in [5.74, 6) is -0.161. The highest BCUT2D eigenvalue weighted by Gasteiger charge is 2.35. The van der Waals surface area contributed by atoms with Crippen LogP contribution in [-0.2, 0) is 9.84 Å². The molecule has 3 nitrogen and oxygen atoms in total. The first-order chi connectivity index (χ1) is 8.83. The van der Waals surface area contributed by atoms with Gasteiger partial charge in [0.2, 0.25) is 0 Å². The molecule has 0 spiro atoms. The molecule has 5 heteroatoms. The maximum absolute atomic E-state index is 12.5. The van der Waals surface area contributed by atoms with E-state index in [9.17, 15) is 13.2 Å². The highest BCUT2D eigenvalue weighted by molar-refractivity contribution is 7.92. The van der Waals surface area contributed by atoms with Crippen molar-refractivity contribution in [3.8, 4) is 0 Å². The van der Waals surface area contributed by atoms with Crippen LogP contribution in [0.5, 0.6) is 0 Å². The normalized spacial score (nSPS) is 22.2. The van der Waals surface area contributed by atoms with E-state index in [1.54, 1.807) is 19.1 Å². The number of rotatable bonds is 2. The molecule has 2 rings (SSSR count). The molecule has 1 heterocycles. The molecule has 0 amide bonds. The smallest absolute Gasteiger partial charge is 0.181 e. The highest BCUT2D eigenvalue weighted by atomic mass is 35.5. The summed E-state index contributed by atoms with van der Waals surface area (Å²) < 4.78 is 24.0. The Bertz CT molecular complexity index is 620. The average Bonchev–Trinajstić information content (AvgIpc) is 2.32. The van der Waals surface area contributed by atoms with E-state index in [0.717, 1.165) is 17.5 Å². The summed E-state index contributed by atoms with van der Waals surface area (Å²) in [5, 5.41) is -0.277. The van der Waals surface area contributed by atoms with Crippen LogP contribution in [0.3, 0.4) is 0 Å². The number of hydrogen-bond donors (Lipinski definition) is 0. The van der Waals surface area contributed by atoms with Gasteiger partial charge in [0.15, 0.2) is 15.6 Å². The van der Waals surface area contributed by atoms with Crippen LogP contribution in [0.25, 0.3) is 0 Å². The maximum Gasteiger partial charge on any atom is 0.181 e. The summed E-state index contributed by atoms with van der Waals surface area (Å²) in [6.07, 6.45) is 1.88. The molecule has 1 fully saturated rings. The molecule has 0 aromatic heterocycles. The van der Waals surface area contributed by atoms with Gasteiger partial charge in [0.25, 0.3) is 0 Å². The lowest BCUT2D eigenvalue weighted by Gasteiger charge is -2.22. The Morgan fingerprint density at radius 2 is 1.89 bits per heavy atom. The van der Waals surface area contributed by atoms with E-state index in [1.807, 2.05) is 6.92 Å². The number of carbonyl (C=O) groups is 1. The molecule has 1 aliphatic rings. The maximum atomic E-state index is 12.5. The molecule has 104 valence electrons. The van der Waals surface area contributed by atoms with E-state index in [2.05, 4.69) is 0 Å². The molecule has 1 atom stereocenters. The Morgan fingerprint density at radius 1 is 1.21 bits per heavy atom. The van der Waals surface area contributed by atoms with Crippen LogP contribution in [0.1, 0.15) is 40.7 Å². The second-order valence-corrected chi connectivity index (χ2v) is 7.84. The summed E-state index contributed by atoms with van der Waals surface area (Å²) in [4.78, 5) is 12.5. The lowest BCUT2D eigenvalue weighted by molar-refractivity contribution is 0.0981. The van der Waals surface area contributed by atoms with Gasteiger partial charge in [0.05, 0.1) is 5.75 Å². The first-order valence-corrected chi connectivity index (χ1v) is 8.45. The van der Waals surface area contributed by atoms with Gasteiger partial charge in [0.1, 0.15) is 5.25 Å². The van der Waals surface area contributed by atoms with Crippen LogP contribution in [0.15, 0.2) is 12.1 Å². The van der Waals surface area contributed by atoms with E-state index < -0.39 is 15.1 Å². The lowest BCUT2D eigenvalue weighted by atomic mass is 9.98. The van der Waals surface area contributed by atoms with Crippen LogP contribution < -0.4 is 0 Å². The van der Waals surface area contributed by atoms with Gasteiger partial charge in [-0.2, -0.15) is 0 Å². The summed E-state index contributed by atoms with van der Waals surface area (Å²) in [5.41, 5.74) is 2.02. The van der Waals surface area contributed by atoms with Gasteiger partial charge in [-0.25, -0.2) is 8.42 Å². The minimum Gasteiger partial charge on any atom is -0.293 e. The number of aryl methyl sites for hydroxylation is 2. The van der Waals surface area contributed by atoms with Crippen molar-refractivity contribution in [2.24, 2.45) is 0 Å². The van der Waals surface area contributed by atoms with Crippen molar-refractivity contribution in [3.63, 3.8) is 0 Å². The minimum atomic E-state index is -3.29. The zero-order valence-corrected chi connectivity index (χ0v) is 12.6. The molecule has 0 saturated carbocycles. The van der Waals surface area contributed by atoms with Crippen molar-refractivity contribution in [1.82, 2.24) is 0 Å². The molecule has 1 aromatic carbocycles. The van der Waals surface area contributed by atoms with Crippen molar-refractivity contribution < 1.29 is 13.2 Å². The van der Waals surface area contributed by atoms with E-state index in [1.165, 1.54) is 0 Å². The lowest BCUT2D eigenvalue weighted by Crippen LogP contribution is -2.35. The number of sulfone groups is 1. The third-order valence-corrected chi connectivity index (χ3v) is 6.22. The second-order valence-electron chi connectivity index (χ2n) is 5.13. The van der Waals surface area contributed by atoms with Gasteiger partial charge in [-0.05, 0) is 49.9 Å². The van der Waals surface area contributed by atoms with Gasteiger partial charge in [-0.1, -0.05) is 18.0 Å². The SMILES string of the molecule is Cc1cc(C(=O)C2CCCCS2(=O)=O)c(C)cc1Cl. The van der Waals surface area contributed by atoms with Crippen molar-refractivity contribution in [2.75, 3.05) is 5.75 Å². The molecule has 0 N–H and O–H groups in total. The summed E-state index contributed by atoms with van der Waals surface area (Å²) in [7, 11) is -3.29. The molecule has 1 aromatic rings. The summed E-state index contributed by atoms with van der Waals surface area (Å²) >= 11 is 6.00. The molecule has 19 heavy (non-hydrogen) atoms. The molecule has 1 unspecified atom stereocenters. The van der Waals surface area contributed by atoms with Gasteiger partial charge >= 0.3 is 0 Å². The predicted molar refractivity (Wildman–Crippen MR) is 76.7 cm³/mol. The Kier molecular flexibility index (Phi) is 4.02. The molecular weight excluding hydrogens is 284 g/mol. The number of carbonyl (C=O) groups excluding carboxylic acids is 1. The highest BCUT2D eigenvalue weighted by Crippen LogP contribution is 2.27. The summed E-state index contributed by atoms with van der Waals surface area (Å²) in [6, 6.07) is 3.42. The number of benzene rings is 1. The van der Waals surface area contributed by atoms with Crippen molar-refractivity contribution in [3.05, 3.63) is 33.8 Å². The third-order valence-electron chi connectivity index (χ3n) is 3.64. The van der Waals surface area contributed by atoms with E-state index >= 15 is 0 Å². The third kappa shape index (κ3) is 2.84. The van der Waals surface area contributed by atoms with Crippen LogP contribution in [-0.4, -0.2) is 25.2 Å². The van der Waals surface area contributed by atoms with Crippen LogP contribution in [0, 0.1) is 13.8 Å². The fraction of sp³-hybridized carbons (Fsp3) is 0.500. The average molecular weight is 301 g/mol. The van der Waals surface area contributed by atoms with Gasteiger partial charge in [0, 0.05) is 10.6 Å². The quantitative estimate of drug-likeness (QED) is 0.789. The van der Waals surface area contributed by atoms with Crippen molar-refractivity contribution in [2.45, 2.75) is 38.4 Å². The number of halogens is 1. The van der Waals surface area contributed by atoms with Gasteiger partial charge in [-0.3, -0.25) is 4.79 Å². The molecular formula is C14H17ClO3S. The summed E-state index contributed by atoms with van der Waals surface area (Å²) in [6.45, 7) is 3.60. The van der Waals surface area contributed by atoms with Crippen molar-refractivity contribution in [1.29, 1.82) is 0 Å². The minimum absolute atomic E-state index is 0.120. The standard InChI is InChI=1S/C14H17ClO3S/c1-9-8-12(15)10(2)7-11(9)14(16)13-5-3-4-6-19(13,17)18/h7-8,13H,3-6H2,1-2H3. The van der Waals surface area contributed by atoms with E-state index in [4.69, 9.17) is 11.6 Å². The number of Topliss-reactive ketones (excluding diaryl/α,β-unsaturated/α-hetero) is 1. The molecule has 0 radical (unpaired) electrons. The zero-order chi connectivity index (χ0) is 14.2. The zero-order valence-electron chi connectivity index (χ0n) is 11.1. The Labute approximate surface area is 118 Å². The molecule has 1 aliphatic heterocycles. The van der Waals surface area contributed by atoms with Gasteiger partial charge < -0.3 is 0 Å². The Hall–Kier alpha value is -0.870. The fourth-order valence-corrected chi connectivity index (χ4v) is 4.56. The molecule has 0 bridgehead atoms. The van der Waals surface area contributed by atoms with Crippen LogP contribution in [0.4, 0.5) is 0 Å². The predicted octanol–water partition coefficient (Wildman–Crippen LogP) is 3.11. The Morgan fingerprint density at radius 3 is 2.53 bits per heavy atom. The van der Waals surface area contributed by atoms with Crippen LogP contribution >= 0.6 is 11.6 Å². The monoisotopic (exact) mass is 300 g/mol. The first kappa shape index (κ1) is 14.5. The van der Waals surface area contributed by atoms with E-state index in [-0.39, 0.29) is 11.5 Å². The van der Waals surface area contributed by atoms with Gasteiger partial charge in [-0.15, -0.1) is 0 Å². The number of ketones is 1. The fourth-order valence-electron chi connectivity index (χ4n) is 2.47.